The Balaban J connectivity index is 1.89. The smallest absolute Gasteiger partial charge is 0.267 e. The molecule has 2 aromatic heterocycles. The van der Waals surface area contributed by atoms with E-state index in [-0.39, 0.29) is 11.4 Å². The number of rotatable bonds is 4. The monoisotopic (exact) mass is 310 g/mol. The van der Waals surface area contributed by atoms with Crippen LogP contribution in [-0.2, 0) is 4.79 Å². The van der Waals surface area contributed by atoms with Crippen molar-refractivity contribution in [2.24, 2.45) is 0 Å². The van der Waals surface area contributed by atoms with Crippen molar-refractivity contribution < 1.29 is 9.32 Å². The van der Waals surface area contributed by atoms with Crippen molar-refractivity contribution in [2.45, 2.75) is 13.0 Å². The van der Waals surface area contributed by atoms with Gasteiger partial charge in [-0.2, -0.15) is 5.10 Å². The van der Waals surface area contributed by atoms with Crippen molar-refractivity contribution in [3.05, 3.63) is 65.1 Å². The maximum atomic E-state index is 12.2. The lowest BCUT2D eigenvalue weighted by Crippen LogP contribution is -2.33. The lowest BCUT2D eigenvalue weighted by atomic mass is 10.1. The molecule has 23 heavy (non-hydrogen) atoms. The number of anilines is 1. The second-order valence-electron chi connectivity index (χ2n) is 4.92. The molecule has 0 saturated heterocycles. The number of aromatic nitrogens is 3. The predicted octanol–water partition coefficient (Wildman–Crippen LogP) is 2.10. The molecule has 3 aromatic rings. The van der Waals surface area contributed by atoms with Gasteiger partial charge in [-0.25, -0.2) is 4.68 Å². The lowest BCUT2D eigenvalue weighted by Gasteiger charge is -2.13. The van der Waals surface area contributed by atoms with Gasteiger partial charge in [0.25, 0.3) is 5.56 Å². The number of nitrogens with one attached hydrogen (secondary N) is 1. The summed E-state index contributed by atoms with van der Waals surface area (Å²) in [6, 6.07) is 13.2. The molecule has 7 heteroatoms. The largest absolute Gasteiger partial charge is 0.363 e. The third kappa shape index (κ3) is 3.18. The van der Waals surface area contributed by atoms with E-state index in [0.29, 0.717) is 5.69 Å². The molecule has 116 valence electrons. The van der Waals surface area contributed by atoms with Crippen LogP contribution in [0.5, 0.6) is 0 Å². The minimum atomic E-state index is -0.789. The Hall–Kier alpha value is -3.22. The van der Waals surface area contributed by atoms with Crippen molar-refractivity contribution >= 4 is 11.7 Å². The van der Waals surface area contributed by atoms with E-state index in [1.165, 1.54) is 18.4 Å². The fourth-order valence-electron chi connectivity index (χ4n) is 2.08. The van der Waals surface area contributed by atoms with Gasteiger partial charge in [0.05, 0.1) is 5.69 Å². The van der Waals surface area contributed by atoms with Crippen molar-refractivity contribution in [3.8, 4) is 11.3 Å². The second kappa shape index (κ2) is 6.27. The molecule has 0 aliphatic rings. The van der Waals surface area contributed by atoms with E-state index in [1.807, 2.05) is 30.3 Å². The molecule has 2 heterocycles. The van der Waals surface area contributed by atoms with Crippen LogP contribution in [0.3, 0.4) is 0 Å². The number of hydrogen-bond donors (Lipinski definition) is 1. The number of carbonyl (C=O) groups excluding carboxylic acids is 1. The molecule has 0 radical (unpaired) electrons. The highest BCUT2D eigenvalue weighted by molar-refractivity contribution is 5.92. The normalized spacial score (nSPS) is 11.9. The van der Waals surface area contributed by atoms with Crippen molar-refractivity contribution in [3.63, 3.8) is 0 Å². The van der Waals surface area contributed by atoms with Crippen LogP contribution in [0.1, 0.15) is 13.0 Å². The van der Waals surface area contributed by atoms with Crippen LogP contribution < -0.4 is 10.9 Å². The predicted molar refractivity (Wildman–Crippen MR) is 83.8 cm³/mol. The van der Waals surface area contributed by atoms with Gasteiger partial charge in [0.15, 0.2) is 5.82 Å². The molecule has 0 unspecified atom stereocenters. The Bertz CT molecular complexity index is 857. The maximum absolute atomic E-state index is 12.2. The first-order valence-corrected chi connectivity index (χ1v) is 7.01. The van der Waals surface area contributed by atoms with Gasteiger partial charge in [-0.3, -0.25) is 9.59 Å². The zero-order chi connectivity index (χ0) is 16.2. The van der Waals surface area contributed by atoms with Crippen LogP contribution in [0.25, 0.3) is 11.3 Å². The Kier molecular flexibility index (Phi) is 4.01. The Morgan fingerprint density at radius 2 is 1.96 bits per heavy atom. The molecule has 0 spiro atoms. The minimum Gasteiger partial charge on any atom is -0.363 e. The molecule has 0 bridgehead atoms. The van der Waals surface area contributed by atoms with Gasteiger partial charge in [-0.05, 0) is 13.0 Å². The van der Waals surface area contributed by atoms with Gasteiger partial charge >= 0.3 is 0 Å². The quantitative estimate of drug-likeness (QED) is 0.797. The number of carbonyl (C=O) groups is 1. The van der Waals surface area contributed by atoms with Crippen LogP contribution in [0, 0.1) is 0 Å². The van der Waals surface area contributed by atoms with E-state index in [9.17, 15) is 9.59 Å². The standard InChI is InChI=1S/C16H14N4O3/c1-11(16(22)17-14-9-10-23-19-14)20-15(21)8-7-13(18-20)12-5-3-2-4-6-12/h2-11H,1H3,(H,17,19,22)/t11-/m1/s1. The minimum absolute atomic E-state index is 0.286. The second-order valence-corrected chi connectivity index (χ2v) is 4.92. The fourth-order valence-corrected chi connectivity index (χ4v) is 2.08. The Labute approximate surface area is 131 Å². The molecule has 0 aliphatic carbocycles. The number of nitrogens with zero attached hydrogens (tertiary/aromatic N) is 3. The molecule has 0 saturated carbocycles. The van der Waals surface area contributed by atoms with E-state index in [0.717, 1.165) is 10.2 Å². The van der Waals surface area contributed by atoms with E-state index >= 15 is 0 Å². The zero-order valence-electron chi connectivity index (χ0n) is 12.3. The number of amides is 1. The maximum Gasteiger partial charge on any atom is 0.267 e. The summed E-state index contributed by atoms with van der Waals surface area (Å²) in [4.78, 5) is 24.3. The first-order chi connectivity index (χ1) is 11.1. The highest BCUT2D eigenvalue weighted by Gasteiger charge is 2.19. The molecule has 1 N–H and O–H groups in total. The zero-order valence-corrected chi connectivity index (χ0v) is 12.3. The van der Waals surface area contributed by atoms with Gasteiger partial charge in [0, 0.05) is 17.7 Å². The van der Waals surface area contributed by atoms with Crippen LogP contribution in [-0.4, -0.2) is 20.8 Å². The van der Waals surface area contributed by atoms with Crippen molar-refractivity contribution in [2.75, 3.05) is 5.32 Å². The molecule has 0 fully saturated rings. The topological polar surface area (TPSA) is 90.0 Å². The summed E-state index contributed by atoms with van der Waals surface area (Å²) < 4.78 is 5.80. The van der Waals surface area contributed by atoms with Crippen molar-refractivity contribution in [1.82, 2.24) is 14.9 Å². The SMILES string of the molecule is C[C@H](C(=O)Nc1ccon1)n1nc(-c2ccccc2)ccc1=O. The van der Waals surface area contributed by atoms with Crippen LogP contribution >= 0.6 is 0 Å². The van der Waals surface area contributed by atoms with Gasteiger partial charge in [0.1, 0.15) is 12.3 Å². The average molecular weight is 310 g/mol. The summed E-state index contributed by atoms with van der Waals surface area (Å²) in [5.41, 5.74) is 1.13. The summed E-state index contributed by atoms with van der Waals surface area (Å²) in [6.07, 6.45) is 1.35. The average Bonchev–Trinajstić information content (AvgIpc) is 3.08. The van der Waals surface area contributed by atoms with Gasteiger partial charge in [-0.1, -0.05) is 35.5 Å². The molecule has 0 aliphatic heterocycles. The molecule has 1 aromatic carbocycles. The summed E-state index contributed by atoms with van der Waals surface area (Å²) >= 11 is 0. The molecular formula is C16H14N4O3. The van der Waals surface area contributed by atoms with Crippen LogP contribution in [0.4, 0.5) is 5.82 Å². The molecule has 1 amide bonds. The summed E-state index contributed by atoms with van der Waals surface area (Å²) in [6.45, 7) is 1.60. The van der Waals surface area contributed by atoms with Crippen LogP contribution in [0.15, 0.2) is 64.1 Å². The third-order valence-electron chi connectivity index (χ3n) is 3.33. The summed E-state index contributed by atoms with van der Waals surface area (Å²) in [5.74, 6) is -0.118. The van der Waals surface area contributed by atoms with Gasteiger partial charge in [-0.15, -0.1) is 0 Å². The van der Waals surface area contributed by atoms with E-state index in [2.05, 4.69) is 20.1 Å². The highest BCUT2D eigenvalue weighted by atomic mass is 16.5. The van der Waals surface area contributed by atoms with E-state index in [4.69, 9.17) is 0 Å². The van der Waals surface area contributed by atoms with Gasteiger partial charge < -0.3 is 9.84 Å². The Morgan fingerprint density at radius 3 is 2.65 bits per heavy atom. The Morgan fingerprint density at radius 1 is 1.17 bits per heavy atom. The molecule has 3 rings (SSSR count). The lowest BCUT2D eigenvalue weighted by molar-refractivity contribution is -0.119. The van der Waals surface area contributed by atoms with Crippen LogP contribution in [0.2, 0.25) is 0 Å². The summed E-state index contributed by atoms with van der Waals surface area (Å²) in [7, 11) is 0. The van der Waals surface area contributed by atoms with E-state index < -0.39 is 11.9 Å². The molecule has 7 nitrogen and oxygen atoms in total. The number of benzene rings is 1. The summed E-state index contributed by atoms with van der Waals surface area (Å²) in [5, 5.41) is 10.5. The third-order valence-corrected chi connectivity index (χ3v) is 3.33. The van der Waals surface area contributed by atoms with Crippen molar-refractivity contribution in [1.29, 1.82) is 0 Å². The number of hydrogen-bond acceptors (Lipinski definition) is 5. The highest BCUT2D eigenvalue weighted by Crippen LogP contribution is 2.15. The van der Waals surface area contributed by atoms with E-state index in [1.54, 1.807) is 13.0 Å². The first kappa shape index (κ1) is 14.7. The molecule has 1 atom stereocenters. The first-order valence-electron chi connectivity index (χ1n) is 7.01. The molecular weight excluding hydrogens is 296 g/mol. The van der Waals surface area contributed by atoms with Gasteiger partial charge in [0.2, 0.25) is 5.91 Å². The fraction of sp³-hybridized carbons (Fsp3) is 0.125.